The molecule has 94 valence electrons. The Bertz CT molecular complexity index is 238. The Hall–Kier alpha value is -0.570. The average Bonchev–Trinajstić information content (AvgIpc) is 2.19. The van der Waals surface area contributed by atoms with Crippen molar-refractivity contribution in [1.82, 2.24) is 4.90 Å². The summed E-state index contributed by atoms with van der Waals surface area (Å²) < 4.78 is 0. The fourth-order valence-corrected chi connectivity index (χ4v) is 2.73. The van der Waals surface area contributed by atoms with Gasteiger partial charge < -0.3 is 5.11 Å². The van der Waals surface area contributed by atoms with Crippen LogP contribution in [0.15, 0.2) is 0 Å². The van der Waals surface area contributed by atoms with Crippen molar-refractivity contribution in [2.75, 3.05) is 13.1 Å². The molecule has 1 aliphatic rings. The minimum absolute atomic E-state index is 0.183. The smallest absolute Gasteiger partial charge is 0.308 e. The van der Waals surface area contributed by atoms with Gasteiger partial charge >= 0.3 is 5.97 Å². The van der Waals surface area contributed by atoms with Crippen LogP contribution in [0.25, 0.3) is 0 Å². The average molecular weight is 227 g/mol. The van der Waals surface area contributed by atoms with Gasteiger partial charge in [0.15, 0.2) is 0 Å². The summed E-state index contributed by atoms with van der Waals surface area (Å²) in [7, 11) is 0. The minimum atomic E-state index is -0.634. The van der Waals surface area contributed by atoms with Crippen molar-refractivity contribution in [3.05, 3.63) is 0 Å². The van der Waals surface area contributed by atoms with Crippen LogP contribution in [0.3, 0.4) is 0 Å². The normalized spacial score (nSPS) is 25.6. The van der Waals surface area contributed by atoms with E-state index in [-0.39, 0.29) is 11.5 Å². The number of unbranched alkanes of at least 4 members (excludes halogenated alkanes) is 2. The van der Waals surface area contributed by atoms with Crippen LogP contribution in [-0.4, -0.2) is 34.6 Å². The highest BCUT2D eigenvalue weighted by Crippen LogP contribution is 2.33. The van der Waals surface area contributed by atoms with Crippen molar-refractivity contribution in [3.8, 4) is 0 Å². The van der Waals surface area contributed by atoms with Crippen LogP contribution in [0.4, 0.5) is 0 Å². The Kier molecular flexibility index (Phi) is 4.78. The molecule has 0 amide bonds. The van der Waals surface area contributed by atoms with Gasteiger partial charge in [-0.2, -0.15) is 0 Å². The highest BCUT2D eigenvalue weighted by Gasteiger charge is 2.42. The van der Waals surface area contributed by atoms with Gasteiger partial charge in [-0.3, -0.25) is 9.69 Å². The lowest BCUT2D eigenvalue weighted by Gasteiger charge is -2.46. The van der Waals surface area contributed by atoms with E-state index in [1.807, 2.05) is 0 Å². The number of carboxylic acid groups (broad SMARTS) is 1. The highest BCUT2D eigenvalue weighted by molar-refractivity contribution is 5.71. The Morgan fingerprint density at radius 1 is 1.44 bits per heavy atom. The van der Waals surface area contributed by atoms with Gasteiger partial charge in [-0.15, -0.1) is 0 Å². The van der Waals surface area contributed by atoms with Crippen LogP contribution in [0, 0.1) is 5.92 Å². The summed E-state index contributed by atoms with van der Waals surface area (Å²) in [6.45, 7) is 8.46. The molecule has 1 heterocycles. The number of carbonyl (C=O) groups is 1. The quantitative estimate of drug-likeness (QED) is 0.734. The second-order valence-corrected chi connectivity index (χ2v) is 5.38. The molecule has 1 fully saturated rings. The first-order chi connectivity index (χ1) is 7.50. The second kappa shape index (κ2) is 5.67. The van der Waals surface area contributed by atoms with Crippen LogP contribution in [0.2, 0.25) is 0 Å². The van der Waals surface area contributed by atoms with Crippen molar-refractivity contribution in [3.63, 3.8) is 0 Å². The second-order valence-electron chi connectivity index (χ2n) is 5.38. The summed E-state index contributed by atoms with van der Waals surface area (Å²) in [5.41, 5.74) is -0.183. The molecule has 0 aliphatic carbocycles. The molecule has 0 spiro atoms. The van der Waals surface area contributed by atoms with Gasteiger partial charge in [-0.1, -0.05) is 19.8 Å². The fourth-order valence-electron chi connectivity index (χ4n) is 2.73. The molecular formula is C13H25NO2. The fraction of sp³-hybridized carbons (Fsp3) is 0.923. The van der Waals surface area contributed by atoms with E-state index in [0.717, 1.165) is 25.9 Å². The van der Waals surface area contributed by atoms with Crippen LogP contribution < -0.4 is 0 Å². The predicted octanol–water partition coefficient (Wildman–Crippen LogP) is 2.75. The zero-order chi connectivity index (χ0) is 12.2. The third-order valence-electron chi connectivity index (χ3n) is 3.92. The van der Waals surface area contributed by atoms with Gasteiger partial charge in [0, 0.05) is 5.54 Å². The molecule has 1 atom stereocenters. The molecule has 0 aromatic rings. The van der Waals surface area contributed by atoms with Crippen molar-refractivity contribution < 1.29 is 9.90 Å². The number of piperidine rings is 1. The molecule has 0 saturated carbocycles. The van der Waals surface area contributed by atoms with Crippen molar-refractivity contribution in [2.45, 2.75) is 58.4 Å². The first kappa shape index (κ1) is 13.5. The molecule has 0 radical (unpaired) electrons. The maximum atomic E-state index is 11.2. The van der Waals surface area contributed by atoms with Crippen LogP contribution >= 0.6 is 0 Å². The molecule has 3 heteroatoms. The van der Waals surface area contributed by atoms with E-state index in [1.165, 1.54) is 19.3 Å². The number of carboxylic acids is 1. The van der Waals surface area contributed by atoms with Gasteiger partial charge in [-0.05, 0) is 46.2 Å². The van der Waals surface area contributed by atoms with E-state index in [1.54, 1.807) is 0 Å². The third-order valence-corrected chi connectivity index (χ3v) is 3.92. The van der Waals surface area contributed by atoms with Gasteiger partial charge in [0.2, 0.25) is 0 Å². The molecule has 0 aromatic heterocycles. The largest absolute Gasteiger partial charge is 0.481 e. The van der Waals surface area contributed by atoms with E-state index in [9.17, 15) is 9.90 Å². The number of hydrogen-bond donors (Lipinski definition) is 1. The van der Waals surface area contributed by atoms with Gasteiger partial charge in [-0.25, -0.2) is 0 Å². The first-order valence-corrected chi connectivity index (χ1v) is 6.48. The molecule has 1 N–H and O–H groups in total. The molecule has 1 saturated heterocycles. The summed E-state index contributed by atoms with van der Waals surface area (Å²) in [4.78, 5) is 13.6. The van der Waals surface area contributed by atoms with Gasteiger partial charge in [0.05, 0.1) is 5.92 Å². The maximum absolute atomic E-state index is 11.2. The monoisotopic (exact) mass is 227 g/mol. The molecule has 1 unspecified atom stereocenters. The van der Waals surface area contributed by atoms with Gasteiger partial charge in [0.25, 0.3) is 0 Å². The number of hydrogen-bond acceptors (Lipinski definition) is 2. The number of likely N-dealkylation sites (tertiary alicyclic amines) is 1. The predicted molar refractivity (Wildman–Crippen MR) is 65.5 cm³/mol. The van der Waals surface area contributed by atoms with E-state index < -0.39 is 5.97 Å². The molecule has 16 heavy (non-hydrogen) atoms. The Morgan fingerprint density at radius 3 is 2.69 bits per heavy atom. The van der Waals surface area contributed by atoms with E-state index in [4.69, 9.17) is 0 Å². The third kappa shape index (κ3) is 2.97. The Labute approximate surface area is 98.8 Å². The lowest BCUT2D eigenvalue weighted by molar-refractivity contribution is -0.149. The molecule has 1 rings (SSSR count). The van der Waals surface area contributed by atoms with Crippen LogP contribution in [0.5, 0.6) is 0 Å². The summed E-state index contributed by atoms with van der Waals surface area (Å²) in [5.74, 6) is -0.840. The standard InChI is InChI=1S/C13H25NO2/c1-4-5-6-9-14-10-7-8-11(12(15)16)13(14,2)3/h11H,4-10H2,1-3H3,(H,15,16). The Morgan fingerprint density at radius 2 is 2.12 bits per heavy atom. The number of rotatable bonds is 5. The number of aliphatic carboxylic acids is 1. The summed E-state index contributed by atoms with van der Waals surface area (Å²) >= 11 is 0. The zero-order valence-corrected chi connectivity index (χ0v) is 10.8. The summed E-state index contributed by atoms with van der Waals surface area (Å²) in [6, 6.07) is 0. The van der Waals surface area contributed by atoms with Crippen LogP contribution in [0.1, 0.15) is 52.9 Å². The zero-order valence-electron chi connectivity index (χ0n) is 10.8. The molecule has 0 bridgehead atoms. The summed E-state index contributed by atoms with van der Waals surface area (Å²) in [5, 5.41) is 9.24. The van der Waals surface area contributed by atoms with Crippen molar-refractivity contribution >= 4 is 5.97 Å². The van der Waals surface area contributed by atoms with Crippen molar-refractivity contribution in [1.29, 1.82) is 0 Å². The van der Waals surface area contributed by atoms with Gasteiger partial charge in [0.1, 0.15) is 0 Å². The Balaban J connectivity index is 2.59. The SMILES string of the molecule is CCCCCN1CCCC(C(=O)O)C1(C)C. The van der Waals surface area contributed by atoms with E-state index in [2.05, 4.69) is 25.7 Å². The van der Waals surface area contributed by atoms with E-state index >= 15 is 0 Å². The number of nitrogens with zero attached hydrogens (tertiary/aromatic N) is 1. The maximum Gasteiger partial charge on any atom is 0.308 e. The van der Waals surface area contributed by atoms with Crippen LogP contribution in [-0.2, 0) is 4.79 Å². The first-order valence-electron chi connectivity index (χ1n) is 6.48. The molecule has 1 aliphatic heterocycles. The molecule has 3 nitrogen and oxygen atoms in total. The molecule has 0 aromatic carbocycles. The lowest BCUT2D eigenvalue weighted by Crippen LogP contribution is -2.55. The highest BCUT2D eigenvalue weighted by atomic mass is 16.4. The summed E-state index contributed by atoms with van der Waals surface area (Å²) in [6.07, 6.45) is 5.49. The van der Waals surface area contributed by atoms with Crippen molar-refractivity contribution in [2.24, 2.45) is 5.92 Å². The van der Waals surface area contributed by atoms with E-state index in [0.29, 0.717) is 0 Å². The minimum Gasteiger partial charge on any atom is -0.481 e. The molecular weight excluding hydrogens is 202 g/mol. The topological polar surface area (TPSA) is 40.5 Å². The lowest BCUT2D eigenvalue weighted by atomic mass is 9.79.